The van der Waals surface area contributed by atoms with Crippen LogP contribution in [0, 0.1) is 22.0 Å². The maximum atomic E-state index is 14.0. The third-order valence-electron chi connectivity index (χ3n) is 7.73. The van der Waals surface area contributed by atoms with Gasteiger partial charge in [0.25, 0.3) is 0 Å². The molecule has 3 aromatic rings. The molecule has 0 saturated heterocycles. The van der Waals surface area contributed by atoms with Crippen molar-refractivity contribution in [2.24, 2.45) is 11.8 Å². The van der Waals surface area contributed by atoms with Gasteiger partial charge in [-0.2, -0.15) is 0 Å². The van der Waals surface area contributed by atoms with Crippen LogP contribution in [-0.2, 0) is 27.2 Å². The highest BCUT2D eigenvalue weighted by Crippen LogP contribution is 2.48. The highest BCUT2D eigenvalue weighted by Gasteiger charge is 2.56. The highest BCUT2D eigenvalue weighted by atomic mass is 16.6. The number of phenolic OH excluding ortho intramolecular Hbond substituents is 1. The van der Waals surface area contributed by atoms with Crippen molar-refractivity contribution in [1.29, 1.82) is 0 Å². The Kier molecular flexibility index (Phi) is 8.53. The van der Waals surface area contributed by atoms with E-state index in [0.717, 1.165) is 23.3 Å². The molecule has 0 bridgehead atoms. The van der Waals surface area contributed by atoms with E-state index < -0.39 is 63.7 Å². The lowest BCUT2D eigenvalue weighted by Crippen LogP contribution is -2.56. The van der Waals surface area contributed by atoms with Crippen LogP contribution >= 0.6 is 0 Å². The minimum absolute atomic E-state index is 0.0932. The van der Waals surface area contributed by atoms with Crippen molar-refractivity contribution in [3.05, 3.63) is 93.5 Å². The number of benzene rings is 3. The van der Waals surface area contributed by atoms with Crippen molar-refractivity contribution in [2.45, 2.75) is 51.6 Å². The Hall–Kier alpha value is -4.57. The summed E-state index contributed by atoms with van der Waals surface area (Å²) in [5.74, 6) is -6.65. The van der Waals surface area contributed by atoms with E-state index in [-0.39, 0.29) is 5.56 Å². The number of hydrogen-bond acceptors (Lipinski definition) is 7. The predicted molar refractivity (Wildman–Crippen MR) is 154 cm³/mol. The fourth-order valence-electron chi connectivity index (χ4n) is 5.71. The van der Waals surface area contributed by atoms with Crippen molar-refractivity contribution in [2.75, 3.05) is 10.6 Å². The lowest BCUT2D eigenvalue weighted by Gasteiger charge is -2.44. The fourth-order valence-corrected chi connectivity index (χ4v) is 5.71. The number of rotatable bonds is 8. The molecule has 4 atom stereocenters. The van der Waals surface area contributed by atoms with E-state index in [0.29, 0.717) is 24.2 Å². The van der Waals surface area contributed by atoms with Crippen LogP contribution < -0.4 is 10.6 Å². The molecule has 10 heteroatoms. The van der Waals surface area contributed by atoms with E-state index in [1.807, 2.05) is 38.1 Å². The number of aromatic hydroxyl groups is 1. The number of aryl methyl sites for hydroxylation is 2. The molecule has 214 valence electrons. The normalized spacial score (nSPS) is 22.1. The van der Waals surface area contributed by atoms with Gasteiger partial charge < -0.3 is 20.8 Å². The summed E-state index contributed by atoms with van der Waals surface area (Å²) in [5, 5.41) is 39.0. The summed E-state index contributed by atoms with van der Waals surface area (Å²) in [6.07, 6.45) is 0.745. The van der Waals surface area contributed by atoms with E-state index in [2.05, 4.69) is 10.6 Å². The van der Waals surface area contributed by atoms with Crippen LogP contribution in [0.4, 0.5) is 17.1 Å². The van der Waals surface area contributed by atoms with E-state index in [1.165, 1.54) is 13.0 Å². The topological polar surface area (TPSA) is 159 Å². The molecule has 1 fully saturated rings. The summed E-state index contributed by atoms with van der Waals surface area (Å²) >= 11 is 0. The second-order valence-electron chi connectivity index (χ2n) is 10.5. The number of hydrogen-bond donors (Lipinski definition) is 4. The maximum Gasteiger partial charge on any atom is 0.310 e. The number of nitrogens with zero attached hydrogens (tertiary/aromatic N) is 1. The number of nitro benzene ring substituents is 1. The zero-order valence-corrected chi connectivity index (χ0v) is 23.1. The van der Waals surface area contributed by atoms with Crippen LogP contribution in [0.2, 0.25) is 0 Å². The van der Waals surface area contributed by atoms with Gasteiger partial charge in [-0.25, -0.2) is 0 Å². The number of ketones is 1. The van der Waals surface area contributed by atoms with Crippen molar-refractivity contribution < 1.29 is 29.5 Å². The Labute approximate surface area is 237 Å². The molecule has 0 spiro atoms. The SMILES string of the molecule is CCc1ccccc1NC(=O)C1C(=O)CC(C)(O)C(C(=O)Nc2ccccc2CC)C1c1ccc(O)c([N+](=O)[O-])c1. The molecule has 0 aromatic heterocycles. The number of para-hydroxylation sites is 2. The van der Waals surface area contributed by atoms with Crippen molar-refractivity contribution in [1.82, 2.24) is 0 Å². The van der Waals surface area contributed by atoms with Crippen LogP contribution in [0.5, 0.6) is 5.75 Å². The lowest BCUT2D eigenvalue weighted by atomic mass is 9.61. The van der Waals surface area contributed by atoms with Gasteiger partial charge in [-0.3, -0.25) is 24.5 Å². The van der Waals surface area contributed by atoms with Gasteiger partial charge in [-0.15, -0.1) is 0 Å². The number of Topliss-reactive ketones (excluding diaryl/α,β-unsaturated/α-hetero) is 1. The number of aliphatic hydroxyl groups is 1. The molecule has 0 heterocycles. The molecule has 4 N–H and O–H groups in total. The average Bonchev–Trinajstić information content (AvgIpc) is 2.92. The second-order valence-corrected chi connectivity index (χ2v) is 10.5. The maximum absolute atomic E-state index is 14.0. The summed E-state index contributed by atoms with van der Waals surface area (Å²) in [6, 6.07) is 17.7. The molecule has 4 rings (SSSR count). The number of carbonyl (C=O) groups excluding carboxylic acids is 3. The molecular weight excluding hydrogens is 526 g/mol. The summed E-state index contributed by atoms with van der Waals surface area (Å²) in [6.45, 7) is 5.19. The smallest absolute Gasteiger partial charge is 0.310 e. The first kappa shape index (κ1) is 29.4. The van der Waals surface area contributed by atoms with Crippen LogP contribution in [0.25, 0.3) is 0 Å². The quantitative estimate of drug-likeness (QED) is 0.176. The first-order valence-electron chi connectivity index (χ1n) is 13.5. The summed E-state index contributed by atoms with van der Waals surface area (Å²) < 4.78 is 0. The van der Waals surface area contributed by atoms with Crippen molar-refractivity contribution >= 4 is 34.7 Å². The van der Waals surface area contributed by atoms with E-state index >= 15 is 0 Å². The minimum atomic E-state index is -1.89. The Bertz CT molecular complexity index is 1500. The lowest BCUT2D eigenvalue weighted by molar-refractivity contribution is -0.386. The highest BCUT2D eigenvalue weighted by molar-refractivity contribution is 6.10. The number of amides is 2. The Morgan fingerprint density at radius 3 is 2.02 bits per heavy atom. The van der Waals surface area contributed by atoms with Gasteiger partial charge in [-0.05, 0) is 54.7 Å². The van der Waals surface area contributed by atoms with Crippen molar-refractivity contribution in [3.8, 4) is 5.75 Å². The number of carbonyl (C=O) groups is 3. The third-order valence-corrected chi connectivity index (χ3v) is 7.73. The van der Waals surface area contributed by atoms with Gasteiger partial charge in [0.15, 0.2) is 5.75 Å². The molecular formula is C31H33N3O7. The molecule has 3 aromatic carbocycles. The van der Waals surface area contributed by atoms with Gasteiger partial charge in [0.05, 0.1) is 16.4 Å². The predicted octanol–water partition coefficient (Wildman–Crippen LogP) is 4.74. The van der Waals surface area contributed by atoms with E-state index in [9.17, 15) is 34.7 Å². The van der Waals surface area contributed by atoms with Crippen LogP contribution in [-0.4, -0.2) is 38.3 Å². The fraction of sp³-hybridized carbons (Fsp3) is 0.323. The number of anilines is 2. The first-order chi connectivity index (χ1) is 19.5. The zero-order chi connectivity index (χ0) is 29.9. The molecule has 4 unspecified atom stereocenters. The van der Waals surface area contributed by atoms with Crippen molar-refractivity contribution in [3.63, 3.8) is 0 Å². The Morgan fingerprint density at radius 2 is 1.49 bits per heavy atom. The molecule has 0 radical (unpaired) electrons. The number of nitro groups is 1. The van der Waals surface area contributed by atoms with Gasteiger partial charge in [0.2, 0.25) is 11.8 Å². The Morgan fingerprint density at radius 1 is 0.951 bits per heavy atom. The van der Waals surface area contributed by atoms with E-state index in [4.69, 9.17) is 0 Å². The first-order valence-corrected chi connectivity index (χ1v) is 13.5. The van der Waals surface area contributed by atoms with Gasteiger partial charge in [0.1, 0.15) is 11.7 Å². The largest absolute Gasteiger partial charge is 0.502 e. The molecule has 1 aliphatic rings. The van der Waals surface area contributed by atoms with Crippen LogP contribution in [0.15, 0.2) is 66.7 Å². The molecule has 41 heavy (non-hydrogen) atoms. The molecule has 1 saturated carbocycles. The van der Waals surface area contributed by atoms with Crippen LogP contribution in [0.1, 0.15) is 49.8 Å². The molecule has 0 aliphatic heterocycles. The molecule has 10 nitrogen and oxygen atoms in total. The van der Waals surface area contributed by atoms with Crippen LogP contribution in [0.3, 0.4) is 0 Å². The molecule has 1 aliphatic carbocycles. The minimum Gasteiger partial charge on any atom is -0.502 e. The average molecular weight is 560 g/mol. The zero-order valence-electron chi connectivity index (χ0n) is 23.1. The third kappa shape index (κ3) is 5.97. The molecule has 2 amide bonds. The standard InChI is InChI=1S/C31H33N3O7/c1-4-18-10-6-8-12-21(18)32-29(37)27-25(36)17-31(3,39)28(30(38)33-22-13-9-7-11-19(22)5-2)26(27)20-14-15-24(35)23(16-20)34(40)41/h6-16,26-28,35,39H,4-5,17H2,1-3H3,(H,32,37)(H,33,38). The van der Waals surface area contributed by atoms with Gasteiger partial charge in [-0.1, -0.05) is 56.3 Å². The number of phenols is 1. The van der Waals surface area contributed by atoms with Gasteiger partial charge in [0, 0.05) is 29.8 Å². The Balaban J connectivity index is 1.85. The monoisotopic (exact) mass is 559 g/mol. The van der Waals surface area contributed by atoms with Gasteiger partial charge >= 0.3 is 5.69 Å². The summed E-state index contributed by atoms with van der Waals surface area (Å²) in [4.78, 5) is 52.2. The number of nitrogens with one attached hydrogen (secondary N) is 2. The van der Waals surface area contributed by atoms with E-state index in [1.54, 1.807) is 24.3 Å². The summed E-state index contributed by atoms with van der Waals surface area (Å²) in [5.41, 5.74) is 0.243. The summed E-state index contributed by atoms with van der Waals surface area (Å²) in [7, 11) is 0. The second kappa shape index (κ2) is 11.9.